The van der Waals surface area contributed by atoms with E-state index in [2.05, 4.69) is 15.2 Å². The first kappa shape index (κ1) is 22.7. The molecule has 0 aliphatic heterocycles. The quantitative estimate of drug-likeness (QED) is 0.341. The van der Waals surface area contributed by atoms with Crippen LogP contribution in [0.25, 0.3) is 22.2 Å². The highest BCUT2D eigenvalue weighted by molar-refractivity contribution is 5.96. The minimum atomic E-state index is -0.990. The van der Waals surface area contributed by atoms with E-state index < -0.39 is 11.9 Å². The fraction of sp³-hybridized carbons (Fsp3) is 0.0741. The van der Waals surface area contributed by atoms with Crippen molar-refractivity contribution in [1.82, 2.24) is 19.7 Å². The monoisotopic (exact) mass is 480 g/mol. The molecule has 5 rings (SSSR count). The van der Waals surface area contributed by atoms with Crippen molar-refractivity contribution in [2.24, 2.45) is 0 Å². The molecular formula is C27H20N4O5. The molecule has 2 heterocycles. The normalized spacial score (nSPS) is 10.9. The molecule has 178 valence electrons. The molecule has 0 saturated heterocycles. The largest absolute Gasteiger partial charge is 0.491 e. The number of esters is 1. The Morgan fingerprint density at radius 2 is 1.61 bits per heavy atom. The maximum atomic E-state index is 12.5. The SMILES string of the molecule is Cc1nc2c(OC(=O)c3ccccc3)nnc(O)c2n1Cc1ccc(-c2ccccc2C(=O)O)cc1. The summed E-state index contributed by atoms with van der Waals surface area (Å²) in [6, 6.07) is 22.7. The van der Waals surface area contributed by atoms with Gasteiger partial charge in [-0.25, -0.2) is 14.6 Å². The van der Waals surface area contributed by atoms with Crippen molar-refractivity contribution in [3.05, 3.63) is 101 Å². The minimum Gasteiger partial charge on any atom is -0.491 e. The second-order valence-corrected chi connectivity index (χ2v) is 8.07. The minimum absolute atomic E-state index is 0.0980. The molecule has 0 saturated carbocycles. The van der Waals surface area contributed by atoms with Crippen LogP contribution in [0.4, 0.5) is 0 Å². The number of aromatic nitrogens is 4. The number of hydrogen-bond donors (Lipinski definition) is 2. The number of rotatable bonds is 6. The van der Waals surface area contributed by atoms with Gasteiger partial charge in [-0.1, -0.05) is 60.7 Å². The van der Waals surface area contributed by atoms with Crippen LogP contribution < -0.4 is 4.74 Å². The van der Waals surface area contributed by atoms with E-state index in [1.165, 1.54) is 0 Å². The molecule has 2 aromatic heterocycles. The fourth-order valence-corrected chi connectivity index (χ4v) is 4.00. The molecule has 0 aliphatic rings. The van der Waals surface area contributed by atoms with E-state index in [1.54, 1.807) is 66.1 Å². The molecule has 0 atom stereocenters. The topological polar surface area (TPSA) is 127 Å². The van der Waals surface area contributed by atoms with Gasteiger partial charge < -0.3 is 19.5 Å². The van der Waals surface area contributed by atoms with Crippen LogP contribution in [0.15, 0.2) is 78.9 Å². The summed E-state index contributed by atoms with van der Waals surface area (Å²) in [5.74, 6) is -1.47. The summed E-state index contributed by atoms with van der Waals surface area (Å²) in [4.78, 5) is 28.6. The number of benzene rings is 3. The van der Waals surface area contributed by atoms with E-state index in [-0.39, 0.29) is 22.8 Å². The average molecular weight is 480 g/mol. The van der Waals surface area contributed by atoms with Gasteiger partial charge in [0.25, 0.3) is 11.8 Å². The van der Waals surface area contributed by atoms with Gasteiger partial charge >= 0.3 is 11.9 Å². The van der Waals surface area contributed by atoms with Gasteiger partial charge in [0.1, 0.15) is 11.3 Å². The van der Waals surface area contributed by atoms with Crippen molar-refractivity contribution in [2.45, 2.75) is 13.5 Å². The number of hydrogen-bond acceptors (Lipinski definition) is 7. The highest BCUT2D eigenvalue weighted by Gasteiger charge is 2.21. The molecule has 0 aliphatic carbocycles. The van der Waals surface area contributed by atoms with Crippen molar-refractivity contribution >= 4 is 23.0 Å². The van der Waals surface area contributed by atoms with Crippen LogP contribution in [0.5, 0.6) is 11.8 Å². The van der Waals surface area contributed by atoms with Gasteiger partial charge in [0.05, 0.1) is 11.1 Å². The van der Waals surface area contributed by atoms with Crippen LogP contribution >= 0.6 is 0 Å². The van der Waals surface area contributed by atoms with Gasteiger partial charge in [-0.3, -0.25) is 0 Å². The predicted octanol–water partition coefficient (Wildman–Crippen LogP) is 4.47. The van der Waals surface area contributed by atoms with Crippen LogP contribution in [0, 0.1) is 6.92 Å². The molecule has 36 heavy (non-hydrogen) atoms. The number of fused-ring (bicyclic) bond motifs is 1. The van der Waals surface area contributed by atoms with Gasteiger partial charge in [0, 0.05) is 6.54 Å². The number of aryl methyl sites for hydroxylation is 1. The van der Waals surface area contributed by atoms with E-state index in [0.29, 0.717) is 29.0 Å². The molecule has 5 aromatic rings. The predicted molar refractivity (Wildman–Crippen MR) is 131 cm³/mol. The Bertz CT molecular complexity index is 1590. The summed E-state index contributed by atoms with van der Waals surface area (Å²) in [6.07, 6.45) is 0. The third-order valence-electron chi connectivity index (χ3n) is 5.77. The molecule has 0 unspecified atom stereocenters. The lowest BCUT2D eigenvalue weighted by atomic mass is 9.99. The van der Waals surface area contributed by atoms with Crippen molar-refractivity contribution < 1.29 is 24.5 Å². The Kier molecular flexibility index (Phi) is 5.87. The lowest BCUT2D eigenvalue weighted by Gasteiger charge is -2.10. The number of imidazole rings is 1. The summed E-state index contributed by atoms with van der Waals surface area (Å²) in [5, 5.41) is 27.5. The fourth-order valence-electron chi connectivity index (χ4n) is 4.00. The van der Waals surface area contributed by atoms with E-state index in [4.69, 9.17) is 4.74 Å². The Hall–Kier alpha value is -5.05. The lowest BCUT2D eigenvalue weighted by molar-refractivity contribution is 0.0694. The van der Waals surface area contributed by atoms with Crippen LogP contribution in [-0.4, -0.2) is 41.9 Å². The molecule has 2 N–H and O–H groups in total. The number of carbonyl (C=O) groups excluding carboxylic acids is 1. The zero-order chi connectivity index (χ0) is 25.2. The van der Waals surface area contributed by atoms with Crippen molar-refractivity contribution in [1.29, 1.82) is 0 Å². The molecule has 0 amide bonds. The Labute approximate surface area is 205 Å². The molecule has 0 bridgehead atoms. The second-order valence-electron chi connectivity index (χ2n) is 8.07. The summed E-state index contributed by atoms with van der Waals surface area (Å²) < 4.78 is 7.18. The van der Waals surface area contributed by atoms with Crippen LogP contribution in [0.2, 0.25) is 0 Å². The Morgan fingerprint density at radius 3 is 2.33 bits per heavy atom. The number of ether oxygens (including phenoxy) is 1. The van der Waals surface area contributed by atoms with E-state index >= 15 is 0 Å². The molecule has 0 spiro atoms. The zero-order valence-corrected chi connectivity index (χ0v) is 19.1. The smallest absolute Gasteiger partial charge is 0.344 e. The van der Waals surface area contributed by atoms with Crippen molar-refractivity contribution in [3.63, 3.8) is 0 Å². The summed E-state index contributed by atoms with van der Waals surface area (Å²) >= 11 is 0. The van der Waals surface area contributed by atoms with Crippen molar-refractivity contribution in [3.8, 4) is 22.9 Å². The molecular weight excluding hydrogens is 460 g/mol. The maximum Gasteiger partial charge on any atom is 0.344 e. The number of nitrogens with zero attached hydrogens (tertiary/aromatic N) is 4. The first-order valence-corrected chi connectivity index (χ1v) is 11.0. The van der Waals surface area contributed by atoms with Gasteiger partial charge in [-0.2, -0.15) is 0 Å². The summed E-state index contributed by atoms with van der Waals surface area (Å²) in [6.45, 7) is 2.11. The average Bonchev–Trinajstić information content (AvgIpc) is 3.23. The molecule has 9 heteroatoms. The van der Waals surface area contributed by atoms with E-state index in [9.17, 15) is 19.8 Å². The molecule has 0 radical (unpaired) electrons. The van der Waals surface area contributed by atoms with E-state index in [0.717, 1.165) is 11.1 Å². The van der Waals surface area contributed by atoms with Crippen molar-refractivity contribution in [2.75, 3.05) is 0 Å². The number of carbonyl (C=O) groups is 2. The number of aromatic hydroxyl groups is 1. The Balaban J connectivity index is 1.46. The summed E-state index contributed by atoms with van der Waals surface area (Å²) in [7, 11) is 0. The number of aromatic carboxylic acids is 1. The van der Waals surface area contributed by atoms with Gasteiger partial charge in [0.15, 0.2) is 5.52 Å². The number of carboxylic acids is 1. The Morgan fingerprint density at radius 1 is 0.917 bits per heavy atom. The van der Waals surface area contributed by atoms with Crippen LogP contribution in [-0.2, 0) is 6.54 Å². The first-order chi connectivity index (χ1) is 17.4. The highest BCUT2D eigenvalue weighted by Crippen LogP contribution is 2.31. The molecule has 0 fully saturated rings. The van der Waals surface area contributed by atoms with Gasteiger partial charge in [0.2, 0.25) is 0 Å². The van der Waals surface area contributed by atoms with Crippen LogP contribution in [0.3, 0.4) is 0 Å². The lowest BCUT2D eigenvalue weighted by Crippen LogP contribution is -2.10. The number of carboxylic acid groups (broad SMARTS) is 1. The molecule has 9 nitrogen and oxygen atoms in total. The second kappa shape index (κ2) is 9.30. The van der Waals surface area contributed by atoms with E-state index in [1.807, 2.05) is 24.3 Å². The third-order valence-corrected chi connectivity index (χ3v) is 5.77. The zero-order valence-electron chi connectivity index (χ0n) is 19.1. The van der Waals surface area contributed by atoms with Crippen LogP contribution in [0.1, 0.15) is 32.1 Å². The molecule has 3 aromatic carbocycles. The maximum absolute atomic E-state index is 12.5. The standard InChI is InChI=1S/C27H20N4O5/c1-16-28-22-23(24(32)29-30-25(22)36-27(35)19-7-3-2-4-8-19)31(16)15-17-11-13-18(14-12-17)20-9-5-6-10-21(20)26(33)34/h2-14H,15H2,1H3,(H,29,32)(H,33,34). The highest BCUT2D eigenvalue weighted by atomic mass is 16.5. The first-order valence-electron chi connectivity index (χ1n) is 11.0. The van der Waals surface area contributed by atoms with Gasteiger partial charge in [-0.15, -0.1) is 10.2 Å². The summed E-state index contributed by atoms with van der Waals surface area (Å²) in [5.41, 5.74) is 3.36. The van der Waals surface area contributed by atoms with Gasteiger partial charge in [-0.05, 0) is 41.8 Å². The third kappa shape index (κ3) is 4.25.